The average Bonchev–Trinajstić information content (AvgIpc) is 2.28. The van der Waals surface area contributed by atoms with Gasteiger partial charge >= 0.3 is 5.69 Å². The molecule has 0 aromatic carbocycles. The Morgan fingerprint density at radius 1 is 1.39 bits per heavy atom. The fourth-order valence-electron chi connectivity index (χ4n) is 1.76. The Labute approximate surface area is 108 Å². The molecule has 0 saturated carbocycles. The van der Waals surface area contributed by atoms with Gasteiger partial charge in [-0.15, -0.1) is 0 Å². The molecule has 0 bridgehead atoms. The lowest BCUT2D eigenvalue weighted by molar-refractivity contribution is -0.384. The van der Waals surface area contributed by atoms with Crippen molar-refractivity contribution in [1.29, 1.82) is 0 Å². The van der Waals surface area contributed by atoms with Crippen LogP contribution in [0.5, 0.6) is 0 Å². The van der Waals surface area contributed by atoms with Crippen molar-refractivity contribution >= 4 is 32.8 Å². The highest BCUT2D eigenvalue weighted by atomic mass is 35.5. The molecule has 0 N–H and O–H groups in total. The van der Waals surface area contributed by atoms with Crippen molar-refractivity contribution in [2.45, 2.75) is 0 Å². The predicted octanol–water partition coefficient (Wildman–Crippen LogP) is 0.878. The van der Waals surface area contributed by atoms with E-state index in [1.807, 2.05) is 0 Å². The van der Waals surface area contributed by atoms with Crippen molar-refractivity contribution in [1.82, 2.24) is 4.98 Å². The first-order valence-electron chi connectivity index (χ1n) is 5.14. The summed E-state index contributed by atoms with van der Waals surface area (Å²) in [4.78, 5) is 15.6. The summed E-state index contributed by atoms with van der Waals surface area (Å²) in [5.74, 6) is -0.0197. The van der Waals surface area contributed by atoms with Gasteiger partial charge in [0.25, 0.3) is 0 Å². The Kier molecular flexibility index (Phi) is 3.40. The van der Waals surface area contributed by atoms with E-state index in [4.69, 9.17) is 11.6 Å². The topological polar surface area (TPSA) is 93.4 Å². The highest BCUT2D eigenvalue weighted by Crippen LogP contribution is 2.30. The molecule has 0 atom stereocenters. The van der Waals surface area contributed by atoms with E-state index < -0.39 is 14.8 Å². The zero-order chi connectivity index (χ0) is 13.3. The van der Waals surface area contributed by atoms with Crippen molar-refractivity contribution in [2.24, 2.45) is 0 Å². The summed E-state index contributed by atoms with van der Waals surface area (Å²) in [6, 6.07) is 1.39. The first-order chi connectivity index (χ1) is 8.39. The van der Waals surface area contributed by atoms with Crippen LogP contribution in [0.4, 0.5) is 11.4 Å². The molecule has 0 unspecified atom stereocenters. The number of rotatable bonds is 2. The van der Waals surface area contributed by atoms with Crippen LogP contribution in [0.15, 0.2) is 12.3 Å². The van der Waals surface area contributed by atoms with Gasteiger partial charge in [0, 0.05) is 19.2 Å². The first-order valence-corrected chi connectivity index (χ1v) is 7.34. The Bertz CT molecular complexity index is 575. The number of nitrogens with zero attached hydrogens (tertiary/aromatic N) is 3. The zero-order valence-electron chi connectivity index (χ0n) is 9.24. The minimum Gasteiger partial charge on any atom is -0.364 e. The zero-order valence-corrected chi connectivity index (χ0v) is 10.8. The number of aromatic nitrogens is 1. The second-order valence-electron chi connectivity index (χ2n) is 3.89. The number of hydrogen-bond donors (Lipinski definition) is 0. The molecule has 0 aliphatic carbocycles. The predicted molar refractivity (Wildman–Crippen MR) is 66.8 cm³/mol. The van der Waals surface area contributed by atoms with E-state index in [0.29, 0.717) is 5.69 Å². The van der Waals surface area contributed by atoms with Crippen molar-refractivity contribution in [3.05, 3.63) is 27.5 Å². The van der Waals surface area contributed by atoms with Crippen molar-refractivity contribution in [3.63, 3.8) is 0 Å². The third-order valence-corrected chi connectivity index (χ3v) is 4.53. The third kappa shape index (κ3) is 2.70. The fourth-order valence-corrected chi connectivity index (χ4v) is 3.11. The molecule has 7 nitrogen and oxygen atoms in total. The smallest absolute Gasteiger partial charge is 0.310 e. The van der Waals surface area contributed by atoms with E-state index >= 15 is 0 Å². The second-order valence-corrected chi connectivity index (χ2v) is 6.58. The molecule has 9 heteroatoms. The van der Waals surface area contributed by atoms with Crippen LogP contribution in [0.3, 0.4) is 0 Å². The summed E-state index contributed by atoms with van der Waals surface area (Å²) < 4.78 is 22.6. The van der Waals surface area contributed by atoms with Crippen molar-refractivity contribution in [3.8, 4) is 0 Å². The van der Waals surface area contributed by atoms with Gasteiger partial charge in [-0.2, -0.15) is 0 Å². The van der Waals surface area contributed by atoms with Crippen LogP contribution in [0.1, 0.15) is 0 Å². The number of anilines is 1. The number of nitro groups is 1. The largest absolute Gasteiger partial charge is 0.364 e. The molecule has 1 aromatic rings. The van der Waals surface area contributed by atoms with Gasteiger partial charge in [0.15, 0.2) is 9.84 Å². The van der Waals surface area contributed by atoms with Crippen molar-refractivity contribution < 1.29 is 13.3 Å². The summed E-state index contributed by atoms with van der Waals surface area (Å²) in [6.07, 6.45) is 1.08. The van der Waals surface area contributed by atoms with Gasteiger partial charge in [-0.05, 0) is 0 Å². The summed E-state index contributed by atoms with van der Waals surface area (Å²) >= 11 is 5.72. The van der Waals surface area contributed by atoms with E-state index in [9.17, 15) is 18.5 Å². The summed E-state index contributed by atoms with van der Waals surface area (Å²) in [6.45, 7) is 0.451. The highest BCUT2D eigenvalue weighted by Gasteiger charge is 2.27. The average molecular weight is 292 g/mol. The Morgan fingerprint density at radius 2 is 2.00 bits per heavy atom. The SMILES string of the molecule is O=[N+]([O-])c1cnc(Cl)cc1N1CCS(=O)(=O)CC1. The number of sulfone groups is 1. The molecule has 1 fully saturated rings. The molecule has 0 amide bonds. The van der Waals surface area contributed by atoms with Gasteiger partial charge in [0.2, 0.25) is 0 Å². The van der Waals surface area contributed by atoms with E-state index in [-0.39, 0.29) is 35.4 Å². The summed E-state index contributed by atoms with van der Waals surface area (Å²) in [7, 11) is -3.03. The van der Waals surface area contributed by atoms with Crippen LogP contribution in [0.25, 0.3) is 0 Å². The lowest BCUT2D eigenvalue weighted by Crippen LogP contribution is -2.40. The second kappa shape index (κ2) is 4.69. The lowest BCUT2D eigenvalue weighted by Gasteiger charge is -2.28. The molecule has 2 heterocycles. The Hall–Kier alpha value is -1.41. The maximum Gasteiger partial charge on any atom is 0.310 e. The lowest BCUT2D eigenvalue weighted by atomic mass is 10.3. The molecule has 18 heavy (non-hydrogen) atoms. The maximum absolute atomic E-state index is 11.3. The van der Waals surface area contributed by atoms with Crippen LogP contribution in [-0.2, 0) is 9.84 Å². The van der Waals surface area contributed by atoms with E-state index in [0.717, 1.165) is 6.20 Å². The minimum absolute atomic E-state index is 0.00983. The number of hydrogen-bond acceptors (Lipinski definition) is 6. The van der Waals surface area contributed by atoms with Gasteiger partial charge in [-0.25, -0.2) is 13.4 Å². The summed E-state index contributed by atoms with van der Waals surface area (Å²) in [5, 5.41) is 11.0. The third-order valence-electron chi connectivity index (χ3n) is 2.71. The highest BCUT2D eigenvalue weighted by molar-refractivity contribution is 7.91. The van der Waals surface area contributed by atoms with E-state index in [1.165, 1.54) is 6.07 Å². The van der Waals surface area contributed by atoms with Gasteiger partial charge in [0.05, 0.1) is 16.4 Å². The van der Waals surface area contributed by atoms with E-state index in [1.54, 1.807) is 4.90 Å². The monoisotopic (exact) mass is 291 g/mol. The molecule has 98 valence electrons. The van der Waals surface area contributed by atoms with Gasteiger partial charge in [-0.1, -0.05) is 11.6 Å². The fraction of sp³-hybridized carbons (Fsp3) is 0.444. The Morgan fingerprint density at radius 3 is 2.56 bits per heavy atom. The molecule has 1 aromatic heterocycles. The molecular weight excluding hydrogens is 282 g/mol. The number of halogens is 1. The van der Waals surface area contributed by atoms with Crippen LogP contribution in [0.2, 0.25) is 5.15 Å². The molecular formula is C9H10ClN3O4S. The maximum atomic E-state index is 11.3. The van der Waals surface area contributed by atoms with Crippen LogP contribution < -0.4 is 4.90 Å². The summed E-state index contributed by atoms with van der Waals surface area (Å²) in [5.41, 5.74) is 0.147. The van der Waals surface area contributed by atoms with Gasteiger partial charge in [0.1, 0.15) is 17.0 Å². The van der Waals surface area contributed by atoms with Gasteiger partial charge in [-0.3, -0.25) is 10.1 Å². The molecule has 2 rings (SSSR count). The van der Waals surface area contributed by atoms with Crippen LogP contribution in [-0.4, -0.2) is 42.9 Å². The van der Waals surface area contributed by atoms with Crippen LogP contribution >= 0.6 is 11.6 Å². The Balaban J connectivity index is 2.33. The van der Waals surface area contributed by atoms with Crippen molar-refractivity contribution in [2.75, 3.05) is 29.5 Å². The molecule has 1 aliphatic heterocycles. The molecule has 1 aliphatic rings. The number of pyridine rings is 1. The van der Waals surface area contributed by atoms with Crippen LogP contribution in [0, 0.1) is 10.1 Å². The quantitative estimate of drug-likeness (QED) is 0.456. The normalized spacial score (nSPS) is 18.6. The first kappa shape index (κ1) is 13.0. The van der Waals surface area contributed by atoms with E-state index in [2.05, 4.69) is 4.98 Å². The standard InChI is InChI=1S/C9H10ClN3O4S/c10-9-5-7(8(6-11-9)13(14)15)12-1-3-18(16,17)4-2-12/h5-6H,1-4H2. The van der Waals surface area contributed by atoms with Gasteiger partial charge < -0.3 is 4.90 Å². The molecule has 0 radical (unpaired) electrons. The molecule has 0 spiro atoms. The molecule has 1 saturated heterocycles. The minimum atomic E-state index is -3.03.